The van der Waals surface area contributed by atoms with Gasteiger partial charge in [-0.05, 0) is 37.2 Å². The first-order valence-corrected chi connectivity index (χ1v) is 6.25. The maximum atomic E-state index is 7.25. The standard InChI is InChI=1S/C14H17N3/c1-16-13-11(15)3-2-4-12(13)17-9-7-14(5-6-14)8-10-17/h2-4H,5-10,15H2. The lowest BCUT2D eigenvalue weighted by atomic mass is 9.93. The van der Waals surface area contributed by atoms with Gasteiger partial charge in [0.05, 0.1) is 6.57 Å². The van der Waals surface area contributed by atoms with Crippen LogP contribution in [0.3, 0.4) is 0 Å². The van der Waals surface area contributed by atoms with E-state index in [1.54, 1.807) is 0 Å². The highest BCUT2D eigenvalue weighted by Crippen LogP contribution is 2.54. The van der Waals surface area contributed by atoms with Crippen LogP contribution in [0.25, 0.3) is 4.85 Å². The number of benzene rings is 1. The fourth-order valence-electron chi connectivity index (χ4n) is 2.82. The van der Waals surface area contributed by atoms with Gasteiger partial charge in [-0.15, -0.1) is 0 Å². The Bertz CT molecular complexity index is 473. The van der Waals surface area contributed by atoms with Crippen molar-refractivity contribution < 1.29 is 0 Å². The van der Waals surface area contributed by atoms with Gasteiger partial charge in [-0.25, -0.2) is 4.85 Å². The van der Waals surface area contributed by atoms with Gasteiger partial charge in [0.1, 0.15) is 0 Å². The summed E-state index contributed by atoms with van der Waals surface area (Å²) in [5.74, 6) is 0. The van der Waals surface area contributed by atoms with Crippen molar-refractivity contribution in [3.8, 4) is 0 Å². The molecule has 1 saturated carbocycles. The molecule has 0 atom stereocenters. The topological polar surface area (TPSA) is 33.6 Å². The van der Waals surface area contributed by atoms with E-state index in [1.165, 1.54) is 25.7 Å². The van der Waals surface area contributed by atoms with Crippen LogP contribution in [0.4, 0.5) is 17.1 Å². The van der Waals surface area contributed by atoms with Gasteiger partial charge in [-0.2, -0.15) is 0 Å². The Balaban J connectivity index is 1.85. The second-order valence-corrected chi connectivity index (χ2v) is 5.31. The van der Waals surface area contributed by atoms with Crippen LogP contribution in [0.2, 0.25) is 0 Å². The number of anilines is 2. The van der Waals surface area contributed by atoms with Crippen molar-refractivity contribution in [2.24, 2.45) is 5.41 Å². The van der Waals surface area contributed by atoms with Crippen LogP contribution in [-0.4, -0.2) is 13.1 Å². The van der Waals surface area contributed by atoms with Crippen molar-refractivity contribution in [2.45, 2.75) is 25.7 Å². The fraction of sp³-hybridized carbons (Fsp3) is 0.500. The Morgan fingerprint density at radius 1 is 1.18 bits per heavy atom. The van der Waals surface area contributed by atoms with E-state index in [1.807, 2.05) is 18.2 Å². The molecule has 2 aliphatic rings. The molecule has 0 bridgehead atoms. The maximum absolute atomic E-state index is 7.25. The molecule has 2 N–H and O–H groups in total. The molecule has 17 heavy (non-hydrogen) atoms. The van der Waals surface area contributed by atoms with E-state index in [-0.39, 0.29) is 0 Å². The third kappa shape index (κ3) is 1.74. The maximum Gasteiger partial charge on any atom is 0.231 e. The van der Waals surface area contributed by atoms with Crippen LogP contribution in [0.15, 0.2) is 18.2 Å². The molecule has 0 radical (unpaired) electrons. The second kappa shape index (κ2) is 3.66. The first-order valence-electron chi connectivity index (χ1n) is 6.25. The molecule has 1 aromatic carbocycles. The number of hydrogen-bond acceptors (Lipinski definition) is 2. The smallest absolute Gasteiger partial charge is 0.231 e. The third-order valence-electron chi connectivity index (χ3n) is 4.28. The van der Waals surface area contributed by atoms with Gasteiger partial charge >= 0.3 is 0 Å². The molecule has 1 aliphatic heterocycles. The quantitative estimate of drug-likeness (QED) is 0.590. The molecular weight excluding hydrogens is 210 g/mol. The zero-order valence-electron chi connectivity index (χ0n) is 9.95. The highest BCUT2D eigenvalue weighted by atomic mass is 15.2. The molecule has 0 aromatic heterocycles. The number of hydrogen-bond donors (Lipinski definition) is 1. The van der Waals surface area contributed by atoms with Crippen LogP contribution in [-0.2, 0) is 0 Å². The largest absolute Gasteiger partial charge is 0.407 e. The van der Waals surface area contributed by atoms with Crippen molar-refractivity contribution in [1.82, 2.24) is 0 Å². The Hall–Kier alpha value is -1.69. The van der Waals surface area contributed by atoms with E-state index in [2.05, 4.69) is 9.74 Å². The average molecular weight is 227 g/mol. The SMILES string of the molecule is [C-]#[N+]c1c(N)cccc1N1CCC2(CC1)CC2. The van der Waals surface area contributed by atoms with Crippen molar-refractivity contribution in [3.05, 3.63) is 29.6 Å². The van der Waals surface area contributed by atoms with Gasteiger partial charge in [0.15, 0.2) is 0 Å². The summed E-state index contributed by atoms with van der Waals surface area (Å²) in [6.07, 6.45) is 5.37. The second-order valence-electron chi connectivity index (χ2n) is 5.31. The Labute approximate surface area is 102 Å². The fourth-order valence-corrected chi connectivity index (χ4v) is 2.82. The molecule has 0 amide bonds. The minimum absolute atomic E-state index is 0.601. The number of nitrogens with zero attached hydrogens (tertiary/aromatic N) is 2. The average Bonchev–Trinajstić information content (AvgIpc) is 3.10. The van der Waals surface area contributed by atoms with Gasteiger partial charge < -0.3 is 10.6 Å². The van der Waals surface area contributed by atoms with E-state index < -0.39 is 0 Å². The van der Waals surface area contributed by atoms with E-state index in [0.29, 0.717) is 16.8 Å². The molecule has 1 aromatic rings. The molecule has 88 valence electrons. The predicted molar refractivity (Wildman–Crippen MR) is 70.2 cm³/mol. The zero-order valence-corrected chi connectivity index (χ0v) is 9.95. The first kappa shape index (κ1) is 10.5. The summed E-state index contributed by atoms with van der Waals surface area (Å²) in [7, 11) is 0. The minimum Gasteiger partial charge on any atom is -0.407 e. The predicted octanol–water partition coefficient (Wildman–Crippen LogP) is 3.20. The molecule has 0 unspecified atom stereocenters. The number of rotatable bonds is 1. The summed E-state index contributed by atoms with van der Waals surface area (Å²) in [5, 5.41) is 0. The van der Waals surface area contributed by atoms with Crippen LogP contribution < -0.4 is 10.6 Å². The molecule has 1 spiro atoms. The van der Waals surface area contributed by atoms with Crippen molar-refractivity contribution >= 4 is 17.1 Å². The minimum atomic E-state index is 0.601. The van der Waals surface area contributed by atoms with Gasteiger partial charge in [-0.1, -0.05) is 12.1 Å². The summed E-state index contributed by atoms with van der Waals surface area (Å²) in [6.45, 7) is 9.40. The third-order valence-corrected chi connectivity index (χ3v) is 4.28. The van der Waals surface area contributed by atoms with Crippen LogP contribution in [0.5, 0.6) is 0 Å². The molecule has 3 heteroatoms. The van der Waals surface area contributed by atoms with Crippen molar-refractivity contribution in [2.75, 3.05) is 23.7 Å². The Morgan fingerprint density at radius 2 is 1.88 bits per heavy atom. The van der Waals surface area contributed by atoms with Gasteiger partial charge in [0.2, 0.25) is 5.69 Å². The Kier molecular flexibility index (Phi) is 2.25. The Morgan fingerprint density at radius 3 is 2.47 bits per heavy atom. The van der Waals surface area contributed by atoms with Crippen molar-refractivity contribution in [3.63, 3.8) is 0 Å². The monoisotopic (exact) mass is 227 g/mol. The first-order chi connectivity index (χ1) is 8.24. The number of para-hydroxylation sites is 1. The van der Waals surface area contributed by atoms with Crippen LogP contribution >= 0.6 is 0 Å². The summed E-state index contributed by atoms with van der Waals surface area (Å²) in [4.78, 5) is 5.91. The lowest BCUT2D eigenvalue weighted by Crippen LogP contribution is -2.34. The highest BCUT2D eigenvalue weighted by Gasteiger charge is 2.44. The molecule has 1 aliphatic carbocycles. The van der Waals surface area contributed by atoms with Crippen molar-refractivity contribution in [1.29, 1.82) is 0 Å². The lowest BCUT2D eigenvalue weighted by Gasteiger charge is -2.34. The zero-order chi connectivity index (χ0) is 11.9. The molecule has 2 fully saturated rings. The van der Waals surface area contributed by atoms with Gasteiger partial charge in [0.25, 0.3) is 0 Å². The lowest BCUT2D eigenvalue weighted by molar-refractivity contribution is 0.385. The summed E-state index contributed by atoms with van der Waals surface area (Å²) in [6, 6.07) is 5.78. The normalized spacial score (nSPS) is 21.2. The molecule has 1 heterocycles. The summed E-state index contributed by atoms with van der Waals surface area (Å²) in [5.41, 5.74) is 8.79. The molecule has 3 rings (SSSR count). The van der Waals surface area contributed by atoms with Crippen LogP contribution in [0.1, 0.15) is 25.7 Å². The summed E-state index contributed by atoms with van der Waals surface area (Å²) >= 11 is 0. The van der Waals surface area contributed by atoms with Gasteiger partial charge in [-0.3, -0.25) is 0 Å². The van der Waals surface area contributed by atoms with E-state index in [9.17, 15) is 0 Å². The highest BCUT2D eigenvalue weighted by molar-refractivity contribution is 5.82. The number of piperidine rings is 1. The van der Waals surface area contributed by atoms with Gasteiger partial charge in [0, 0.05) is 24.5 Å². The summed E-state index contributed by atoms with van der Waals surface area (Å²) < 4.78 is 0. The van der Waals surface area contributed by atoms with E-state index in [4.69, 9.17) is 12.3 Å². The number of nitrogen functional groups attached to an aromatic ring is 1. The molecule has 1 saturated heterocycles. The van der Waals surface area contributed by atoms with E-state index >= 15 is 0 Å². The van der Waals surface area contributed by atoms with E-state index in [0.717, 1.165) is 18.8 Å². The molecule has 3 nitrogen and oxygen atoms in total. The molecular formula is C14H17N3. The number of nitrogens with two attached hydrogens (primary N) is 1. The van der Waals surface area contributed by atoms with Crippen LogP contribution in [0, 0.1) is 12.0 Å².